The van der Waals surface area contributed by atoms with Crippen molar-refractivity contribution in [3.63, 3.8) is 0 Å². The van der Waals surface area contributed by atoms with Crippen LogP contribution in [0.1, 0.15) is 50.7 Å². The number of nitrogens with zero attached hydrogens (tertiary/aromatic N) is 2. The Morgan fingerprint density at radius 1 is 1.31 bits per heavy atom. The van der Waals surface area contributed by atoms with Crippen molar-refractivity contribution in [3.8, 4) is 6.07 Å². The monoisotopic (exact) mass is 354 g/mol. The molecular formula is C21H26N2O3. The van der Waals surface area contributed by atoms with E-state index in [1.54, 1.807) is 18.2 Å². The molecule has 1 aromatic carbocycles. The van der Waals surface area contributed by atoms with E-state index in [-0.39, 0.29) is 30.9 Å². The SMILES string of the molecule is C[C@@H]1[C@H](C)CCC[C@H]1N1C[C@H](C(=O)OCc2ccccc2C#N)CC1=O. The van der Waals surface area contributed by atoms with Crippen LogP contribution in [0.15, 0.2) is 24.3 Å². The summed E-state index contributed by atoms with van der Waals surface area (Å²) < 4.78 is 5.42. The molecule has 1 aliphatic heterocycles. The van der Waals surface area contributed by atoms with Crippen LogP contribution in [0.2, 0.25) is 0 Å². The van der Waals surface area contributed by atoms with Crippen LogP contribution in [-0.2, 0) is 20.9 Å². The molecule has 1 saturated carbocycles. The molecule has 0 N–H and O–H groups in total. The lowest BCUT2D eigenvalue weighted by Crippen LogP contribution is -2.45. The molecule has 1 heterocycles. The summed E-state index contributed by atoms with van der Waals surface area (Å²) in [4.78, 5) is 26.9. The van der Waals surface area contributed by atoms with Gasteiger partial charge in [0, 0.05) is 24.6 Å². The van der Waals surface area contributed by atoms with E-state index in [4.69, 9.17) is 10.00 Å². The van der Waals surface area contributed by atoms with Crippen LogP contribution in [0, 0.1) is 29.1 Å². The second kappa shape index (κ2) is 7.90. The van der Waals surface area contributed by atoms with Gasteiger partial charge < -0.3 is 9.64 Å². The van der Waals surface area contributed by atoms with Gasteiger partial charge in [-0.1, -0.05) is 44.9 Å². The van der Waals surface area contributed by atoms with Gasteiger partial charge in [0.05, 0.1) is 17.6 Å². The molecule has 0 unspecified atom stereocenters. The van der Waals surface area contributed by atoms with Gasteiger partial charge in [-0.3, -0.25) is 9.59 Å². The van der Waals surface area contributed by atoms with E-state index in [1.165, 1.54) is 6.42 Å². The van der Waals surface area contributed by atoms with Crippen molar-refractivity contribution in [2.45, 2.75) is 52.2 Å². The van der Waals surface area contributed by atoms with E-state index >= 15 is 0 Å². The zero-order valence-corrected chi connectivity index (χ0v) is 15.5. The summed E-state index contributed by atoms with van der Waals surface area (Å²) in [6.45, 7) is 4.99. The van der Waals surface area contributed by atoms with Crippen molar-refractivity contribution in [1.29, 1.82) is 5.26 Å². The van der Waals surface area contributed by atoms with Crippen LogP contribution in [0.5, 0.6) is 0 Å². The summed E-state index contributed by atoms with van der Waals surface area (Å²) in [5.74, 6) is 0.390. The first-order valence-electron chi connectivity index (χ1n) is 9.45. The maximum atomic E-state index is 12.5. The zero-order chi connectivity index (χ0) is 18.7. The molecule has 1 aliphatic carbocycles. The van der Waals surface area contributed by atoms with Gasteiger partial charge >= 0.3 is 5.97 Å². The van der Waals surface area contributed by atoms with Crippen molar-refractivity contribution < 1.29 is 14.3 Å². The predicted molar refractivity (Wildman–Crippen MR) is 96.7 cm³/mol. The van der Waals surface area contributed by atoms with E-state index in [0.29, 0.717) is 29.5 Å². The first-order valence-corrected chi connectivity index (χ1v) is 9.45. The third kappa shape index (κ3) is 3.75. The van der Waals surface area contributed by atoms with Gasteiger partial charge in [0.1, 0.15) is 6.61 Å². The Labute approximate surface area is 154 Å². The van der Waals surface area contributed by atoms with Crippen LogP contribution in [-0.4, -0.2) is 29.4 Å². The van der Waals surface area contributed by atoms with E-state index < -0.39 is 5.92 Å². The molecule has 2 fully saturated rings. The molecular weight excluding hydrogens is 328 g/mol. The molecule has 2 aliphatic rings. The lowest BCUT2D eigenvalue weighted by atomic mass is 9.77. The zero-order valence-electron chi connectivity index (χ0n) is 15.5. The van der Waals surface area contributed by atoms with Gasteiger partial charge in [-0.05, 0) is 24.3 Å². The minimum absolute atomic E-state index is 0.0651. The summed E-state index contributed by atoms with van der Waals surface area (Å²) in [7, 11) is 0. The molecule has 0 bridgehead atoms. The van der Waals surface area contributed by atoms with Crippen molar-refractivity contribution in [1.82, 2.24) is 4.90 Å². The number of carbonyl (C=O) groups is 2. The maximum Gasteiger partial charge on any atom is 0.311 e. The Morgan fingerprint density at radius 3 is 2.85 bits per heavy atom. The molecule has 26 heavy (non-hydrogen) atoms. The Hall–Kier alpha value is -2.35. The average Bonchev–Trinajstić information content (AvgIpc) is 3.04. The number of esters is 1. The fourth-order valence-electron chi connectivity index (χ4n) is 4.23. The van der Waals surface area contributed by atoms with E-state index in [9.17, 15) is 9.59 Å². The standard InChI is InChI=1S/C21H26N2O3/c1-14-6-5-9-19(15(14)2)23-12-18(10-20(23)24)21(25)26-13-17-8-4-3-7-16(17)11-22/h3-4,7-8,14-15,18-19H,5-6,9-10,12-13H2,1-2H3/t14-,15-,18-,19-/m1/s1. The van der Waals surface area contributed by atoms with Gasteiger partial charge in [0.25, 0.3) is 0 Å². The molecule has 1 saturated heterocycles. The topological polar surface area (TPSA) is 70.4 Å². The fraction of sp³-hybridized carbons (Fsp3) is 0.571. The van der Waals surface area contributed by atoms with Gasteiger partial charge in [0.2, 0.25) is 5.91 Å². The number of hydrogen-bond donors (Lipinski definition) is 0. The minimum atomic E-state index is -0.402. The molecule has 5 heteroatoms. The first-order chi connectivity index (χ1) is 12.5. The van der Waals surface area contributed by atoms with E-state index in [1.807, 2.05) is 11.0 Å². The van der Waals surface area contributed by atoms with E-state index in [2.05, 4.69) is 19.9 Å². The minimum Gasteiger partial charge on any atom is -0.460 e. The number of benzene rings is 1. The summed E-state index contributed by atoms with van der Waals surface area (Å²) in [6, 6.07) is 9.42. The summed E-state index contributed by atoms with van der Waals surface area (Å²) in [5, 5.41) is 9.11. The number of likely N-dealkylation sites (tertiary alicyclic amines) is 1. The second-order valence-electron chi connectivity index (χ2n) is 7.66. The highest BCUT2D eigenvalue weighted by Crippen LogP contribution is 2.36. The van der Waals surface area contributed by atoms with Gasteiger partial charge in [0.15, 0.2) is 0 Å². The molecule has 1 aromatic rings. The fourth-order valence-corrected chi connectivity index (χ4v) is 4.23. The Morgan fingerprint density at radius 2 is 2.08 bits per heavy atom. The first kappa shape index (κ1) is 18.4. The van der Waals surface area contributed by atoms with Gasteiger partial charge in [-0.25, -0.2) is 0 Å². The third-order valence-corrected chi connectivity index (χ3v) is 6.06. The number of rotatable bonds is 4. The second-order valence-corrected chi connectivity index (χ2v) is 7.66. The Kier molecular flexibility index (Phi) is 5.61. The number of amides is 1. The van der Waals surface area contributed by atoms with Gasteiger partial charge in [-0.15, -0.1) is 0 Å². The average molecular weight is 354 g/mol. The number of hydrogen-bond acceptors (Lipinski definition) is 4. The normalized spacial score (nSPS) is 28.7. The lowest BCUT2D eigenvalue weighted by Gasteiger charge is -2.39. The predicted octanol–water partition coefficient (Wildman–Crippen LogP) is 3.27. The highest BCUT2D eigenvalue weighted by molar-refractivity contribution is 5.87. The van der Waals surface area contributed by atoms with Crippen molar-refractivity contribution in [3.05, 3.63) is 35.4 Å². The van der Waals surface area contributed by atoms with Crippen LogP contribution in [0.4, 0.5) is 0 Å². The van der Waals surface area contributed by atoms with Crippen LogP contribution < -0.4 is 0 Å². The molecule has 4 atom stereocenters. The van der Waals surface area contributed by atoms with E-state index in [0.717, 1.165) is 12.8 Å². The molecule has 0 spiro atoms. The Bertz CT molecular complexity index is 724. The van der Waals surface area contributed by atoms with Crippen LogP contribution >= 0.6 is 0 Å². The van der Waals surface area contributed by atoms with Crippen molar-refractivity contribution >= 4 is 11.9 Å². The van der Waals surface area contributed by atoms with Crippen molar-refractivity contribution in [2.75, 3.05) is 6.54 Å². The maximum absolute atomic E-state index is 12.5. The largest absolute Gasteiger partial charge is 0.460 e. The van der Waals surface area contributed by atoms with Crippen LogP contribution in [0.25, 0.3) is 0 Å². The smallest absolute Gasteiger partial charge is 0.311 e. The molecule has 0 aromatic heterocycles. The summed E-state index contributed by atoms with van der Waals surface area (Å²) in [5.41, 5.74) is 1.20. The molecule has 1 amide bonds. The lowest BCUT2D eigenvalue weighted by molar-refractivity contribution is -0.149. The van der Waals surface area contributed by atoms with Crippen LogP contribution in [0.3, 0.4) is 0 Å². The summed E-state index contributed by atoms with van der Waals surface area (Å²) >= 11 is 0. The third-order valence-electron chi connectivity index (χ3n) is 6.06. The highest BCUT2D eigenvalue weighted by atomic mass is 16.5. The quantitative estimate of drug-likeness (QED) is 0.778. The highest BCUT2D eigenvalue weighted by Gasteiger charge is 2.42. The number of carbonyl (C=O) groups excluding carboxylic acids is 2. The molecule has 3 rings (SSSR count). The Balaban J connectivity index is 1.59. The molecule has 0 radical (unpaired) electrons. The number of ether oxygens (including phenoxy) is 1. The molecule has 138 valence electrons. The van der Waals surface area contributed by atoms with Crippen molar-refractivity contribution in [2.24, 2.45) is 17.8 Å². The molecule has 5 nitrogen and oxygen atoms in total. The number of nitriles is 1. The summed E-state index contributed by atoms with van der Waals surface area (Å²) in [6.07, 6.45) is 3.61. The van der Waals surface area contributed by atoms with Gasteiger partial charge in [-0.2, -0.15) is 5.26 Å².